The molecule has 2 nitrogen and oxygen atoms in total. The zero-order valence-electron chi connectivity index (χ0n) is 9.74. The second-order valence-corrected chi connectivity index (χ2v) is 6.24. The monoisotopic (exact) mass is 236 g/mol. The minimum atomic E-state index is 0.468. The fraction of sp³-hybridized carbons (Fsp3) is 0.692. The molecule has 0 atom stereocenters. The van der Waals surface area contributed by atoms with Crippen molar-refractivity contribution in [3.05, 3.63) is 22.4 Å². The van der Waals surface area contributed by atoms with E-state index < -0.39 is 0 Å². The number of nitrogens with one attached hydrogen (secondary N) is 1. The quantitative estimate of drug-likeness (QED) is 0.848. The first kappa shape index (κ1) is 10.8. The Hall–Kier alpha value is -0.380. The van der Waals surface area contributed by atoms with Gasteiger partial charge < -0.3 is 5.32 Å². The maximum absolute atomic E-state index is 3.77. The third-order valence-corrected chi connectivity index (χ3v) is 4.84. The number of nitrogens with zero attached hydrogens (tertiary/aromatic N) is 1. The molecule has 2 fully saturated rings. The van der Waals surface area contributed by atoms with Gasteiger partial charge in [-0.3, -0.25) is 4.90 Å². The number of hydrogen-bond acceptors (Lipinski definition) is 3. The molecule has 1 aliphatic carbocycles. The second-order valence-electron chi connectivity index (χ2n) is 5.20. The van der Waals surface area contributed by atoms with Gasteiger partial charge in [-0.1, -0.05) is 18.9 Å². The van der Waals surface area contributed by atoms with Gasteiger partial charge in [-0.2, -0.15) is 0 Å². The van der Waals surface area contributed by atoms with Gasteiger partial charge in [0.05, 0.1) is 0 Å². The lowest BCUT2D eigenvalue weighted by molar-refractivity contribution is 0.130. The number of hydrogen-bond donors (Lipinski definition) is 1. The number of piperazine rings is 1. The molecule has 1 aromatic rings. The highest BCUT2D eigenvalue weighted by atomic mass is 32.1. The summed E-state index contributed by atoms with van der Waals surface area (Å²) >= 11 is 1.89. The van der Waals surface area contributed by atoms with Crippen LogP contribution in [0.1, 0.15) is 30.6 Å². The third-order valence-electron chi connectivity index (χ3n) is 3.97. The van der Waals surface area contributed by atoms with Gasteiger partial charge in [0.15, 0.2) is 0 Å². The Morgan fingerprint density at radius 2 is 2.25 bits per heavy atom. The van der Waals surface area contributed by atoms with E-state index in [1.165, 1.54) is 50.2 Å². The summed E-state index contributed by atoms with van der Waals surface area (Å²) in [5, 5.41) is 5.95. The topological polar surface area (TPSA) is 15.3 Å². The third kappa shape index (κ3) is 2.17. The molecule has 2 heterocycles. The molecule has 3 heteroatoms. The first-order valence-corrected chi connectivity index (χ1v) is 7.24. The number of thiophene rings is 1. The van der Waals surface area contributed by atoms with Crippen molar-refractivity contribution in [3.8, 4) is 0 Å². The van der Waals surface area contributed by atoms with Crippen LogP contribution in [-0.2, 0) is 6.54 Å². The summed E-state index contributed by atoms with van der Waals surface area (Å²) in [6, 6.07) is 4.42. The highest BCUT2D eigenvalue weighted by Gasteiger charge is 2.37. The lowest BCUT2D eigenvalue weighted by atomic mass is 9.94. The molecule has 3 rings (SSSR count). The molecule has 2 aliphatic rings. The average molecular weight is 236 g/mol. The van der Waals surface area contributed by atoms with Crippen LogP contribution in [0.3, 0.4) is 0 Å². The normalized spacial score (nSPS) is 25.2. The summed E-state index contributed by atoms with van der Waals surface area (Å²) in [7, 11) is 0. The van der Waals surface area contributed by atoms with Crippen molar-refractivity contribution in [2.75, 3.05) is 19.6 Å². The Balaban J connectivity index is 1.63. The first-order chi connectivity index (χ1) is 7.86. The Morgan fingerprint density at radius 3 is 3.00 bits per heavy atom. The SMILES string of the molecule is c1csc(CN2CCNC3(CCCC3)C2)c1. The Bertz CT molecular complexity index is 328. The molecular weight excluding hydrogens is 216 g/mol. The zero-order valence-corrected chi connectivity index (χ0v) is 10.6. The van der Waals surface area contributed by atoms with Gasteiger partial charge in [-0.15, -0.1) is 11.3 Å². The van der Waals surface area contributed by atoms with Crippen LogP contribution in [0.15, 0.2) is 17.5 Å². The van der Waals surface area contributed by atoms with Gasteiger partial charge in [0, 0.05) is 36.6 Å². The van der Waals surface area contributed by atoms with Crippen LogP contribution in [0.5, 0.6) is 0 Å². The predicted molar refractivity (Wildman–Crippen MR) is 68.8 cm³/mol. The summed E-state index contributed by atoms with van der Waals surface area (Å²) < 4.78 is 0. The summed E-state index contributed by atoms with van der Waals surface area (Å²) in [4.78, 5) is 4.14. The minimum Gasteiger partial charge on any atom is -0.309 e. The molecule has 1 N–H and O–H groups in total. The highest BCUT2D eigenvalue weighted by molar-refractivity contribution is 7.09. The molecule has 1 aliphatic heterocycles. The van der Waals surface area contributed by atoms with Crippen molar-refractivity contribution in [3.63, 3.8) is 0 Å². The van der Waals surface area contributed by atoms with Crippen LogP contribution in [0.2, 0.25) is 0 Å². The maximum Gasteiger partial charge on any atom is 0.0329 e. The highest BCUT2D eigenvalue weighted by Crippen LogP contribution is 2.32. The average Bonchev–Trinajstić information content (AvgIpc) is 2.91. The Morgan fingerprint density at radius 1 is 1.38 bits per heavy atom. The summed E-state index contributed by atoms with van der Waals surface area (Å²) in [5.41, 5.74) is 0.468. The summed E-state index contributed by atoms with van der Waals surface area (Å²) in [6.45, 7) is 4.79. The number of rotatable bonds is 2. The lowest BCUT2D eigenvalue weighted by Crippen LogP contribution is -2.58. The van der Waals surface area contributed by atoms with E-state index >= 15 is 0 Å². The summed E-state index contributed by atoms with van der Waals surface area (Å²) in [5.74, 6) is 0. The van der Waals surface area contributed by atoms with E-state index in [4.69, 9.17) is 0 Å². The van der Waals surface area contributed by atoms with Crippen molar-refractivity contribution in [2.24, 2.45) is 0 Å². The van der Waals surface area contributed by atoms with Crippen LogP contribution in [0, 0.1) is 0 Å². The van der Waals surface area contributed by atoms with Crippen molar-refractivity contribution < 1.29 is 0 Å². The molecule has 1 saturated heterocycles. The summed E-state index contributed by atoms with van der Waals surface area (Å²) in [6.07, 6.45) is 5.60. The van der Waals surface area contributed by atoms with Crippen molar-refractivity contribution in [2.45, 2.75) is 37.8 Å². The van der Waals surface area contributed by atoms with E-state index in [0.29, 0.717) is 5.54 Å². The largest absolute Gasteiger partial charge is 0.309 e. The predicted octanol–water partition coefficient (Wildman–Crippen LogP) is 2.47. The Kier molecular flexibility index (Phi) is 3.01. The van der Waals surface area contributed by atoms with Crippen LogP contribution in [-0.4, -0.2) is 30.1 Å². The molecule has 0 aromatic carbocycles. The fourth-order valence-corrected chi connectivity index (χ4v) is 3.93. The van der Waals surface area contributed by atoms with Gasteiger partial charge in [0.1, 0.15) is 0 Å². The molecule has 0 unspecified atom stereocenters. The molecule has 88 valence electrons. The fourth-order valence-electron chi connectivity index (χ4n) is 3.19. The van der Waals surface area contributed by atoms with Gasteiger partial charge in [0.25, 0.3) is 0 Å². The van der Waals surface area contributed by atoms with Crippen LogP contribution < -0.4 is 5.32 Å². The van der Waals surface area contributed by atoms with Crippen molar-refractivity contribution in [1.29, 1.82) is 0 Å². The zero-order chi connectivity index (χ0) is 10.8. The van der Waals surface area contributed by atoms with Gasteiger partial charge in [-0.05, 0) is 24.3 Å². The second kappa shape index (κ2) is 4.47. The van der Waals surface area contributed by atoms with E-state index in [-0.39, 0.29) is 0 Å². The smallest absolute Gasteiger partial charge is 0.0329 e. The first-order valence-electron chi connectivity index (χ1n) is 6.36. The van der Waals surface area contributed by atoms with E-state index in [1.807, 2.05) is 11.3 Å². The molecule has 16 heavy (non-hydrogen) atoms. The Labute approximate surface area is 102 Å². The minimum absolute atomic E-state index is 0.468. The van der Waals surface area contributed by atoms with Crippen molar-refractivity contribution >= 4 is 11.3 Å². The molecule has 0 amide bonds. The van der Waals surface area contributed by atoms with Crippen LogP contribution in [0.4, 0.5) is 0 Å². The van der Waals surface area contributed by atoms with E-state index in [9.17, 15) is 0 Å². The van der Waals surface area contributed by atoms with Gasteiger partial charge >= 0.3 is 0 Å². The maximum atomic E-state index is 3.77. The molecule has 0 radical (unpaired) electrons. The molecular formula is C13H20N2S. The standard InChI is InChI=1S/C13H20N2S/c1-2-6-13(5-1)11-15(8-7-14-13)10-12-4-3-9-16-12/h3-4,9,14H,1-2,5-8,10-11H2. The molecule has 0 bridgehead atoms. The lowest BCUT2D eigenvalue weighted by Gasteiger charge is -2.41. The molecule has 1 aromatic heterocycles. The van der Waals surface area contributed by atoms with Gasteiger partial charge in [0.2, 0.25) is 0 Å². The van der Waals surface area contributed by atoms with E-state index in [2.05, 4.69) is 27.7 Å². The molecule has 1 saturated carbocycles. The molecule has 1 spiro atoms. The van der Waals surface area contributed by atoms with Gasteiger partial charge in [-0.25, -0.2) is 0 Å². The van der Waals surface area contributed by atoms with Crippen molar-refractivity contribution in [1.82, 2.24) is 10.2 Å². The van der Waals surface area contributed by atoms with Crippen LogP contribution in [0.25, 0.3) is 0 Å². The van der Waals surface area contributed by atoms with E-state index in [0.717, 1.165) is 6.54 Å². The van der Waals surface area contributed by atoms with Crippen LogP contribution >= 0.6 is 11.3 Å². The van der Waals surface area contributed by atoms with E-state index in [1.54, 1.807) is 0 Å².